The molecule has 2 amide bonds. The summed E-state index contributed by atoms with van der Waals surface area (Å²) >= 11 is 7.24. The number of ether oxygens (including phenoxy) is 1. The first-order valence-electron chi connectivity index (χ1n) is 11.5. The molecule has 198 valence electrons. The Morgan fingerprint density at radius 3 is 2.55 bits per heavy atom. The molecule has 0 saturated heterocycles. The smallest absolute Gasteiger partial charge is 0.416 e. The number of halogens is 4. The minimum absolute atomic E-state index is 0.0168. The summed E-state index contributed by atoms with van der Waals surface area (Å²) < 4.78 is 46.3. The third kappa shape index (κ3) is 6.43. The number of carbonyl (C=O) groups is 2. The van der Waals surface area contributed by atoms with Crippen LogP contribution in [0.1, 0.15) is 15.9 Å². The fraction of sp³-hybridized carbons (Fsp3) is 0.185. The fourth-order valence-corrected chi connectivity index (χ4v) is 4.91. The number of rotatable bonds is 9. The van der Waals surface area contributed by atoms with Crippen molar-refractivity contribution in [2.24, 2.45) is 0 Å². The van der Waals surface area contributed by atoms with Gasteiger partial charge in [-0.3, -0.25) is 9.59 Å². The lowest BCUT2D eigenvalue weighted by atomic mass is 10.2. The summed E-state index contributed by atoms with van der Waals surface area (Å²) in [6.07, 6.45) is -2.66. The molecule has 0 aliphatic heterocycles. The molecule has 11 heteroatoms. The van der Waals surface area contributed by atoms with E-state index in [1.165, 1.54) is 18.9 Å². The molecule has 6 nitrogen and oxygen atoms in total. The van der Waals surface area contributed by atoms with E-state index in [1.807, 2.05) is 35.0 Å². The van der Waals surface area contributed by atoms with Crippen LogP contribution in [-0.4, -0.2) is 35.8 Å². The van der Waals surface area contributed by atoms with Crippen molar-refractivity contribution in [2.45, 2.75) is 17.6 Å². The Kier molecular flexibility index (Phi) is 8.53. The van der Waals surface area contributed by atoms with Crippen LogP contribution in [0.5, 0.6) is 5.75 Å². The van der Waals surface area contributed by atoms with Crippen LogP contribution in [0, 0.1) is 0 Å². The van der Waals surface area contributed by atoms with Gasteiger partial charge in [0.05, 0.1) is 34.7 Å². The Balaban J connectivity index is 1.41. The first-order valence-corrected chi connectivity index (χ1v) is 12.8. The van der Waals surface area contributed by atoms with Crippen molar-refractivity contribution in [3.05, 3.63) is 89.1 Å². The summed E-state index contributed by atoms with van der Waals surface area (Å²) in [6, 6.07) is 17.4. The lowest BCUT2D eigenvalue weighted by Crippen LogP contribution is -2.27. The number of fused-ring (bicyclic) bond motifs is 1. The van der Waals surface area contributed by atoms with Crippen LogP contribution in [-0.2, 0) is 17.5 Å². The highest BCUT2D eigenvalue weighted by Gasteiger charge is 2.31. The molecule has 0 unspecified atom stereocenters. The molecule has 1 heterocycles. The van der Waals surface area contributed by atoms with Crippen LogP contribution in [0.2, 0.25) is 5.02 Å². The number of alkyl halides is 3. The predicted octanol–water partition coefficient (Wildman–Crippen LogP) is 6.48. The van der Waals surface area contributed by atoms with Crippen molar-refractivity contribution in [3.63, 3.8) is 0 Å². The van der Waals surface area contributed by atoms with Gasteiger partial charge in [0.25, 0.3) is 5.91 Å². The number of aromatic nitrogens is 1. The molecule has 0 atom stereocenters. The minimum atomic E-state index is -4.55. The van der Waals surface area contributed by atoms with E-state index >= 15 is 0 Å². The topological polar surface area (TPSA) is 72.4 Å². The average molecular weight is 562 g/mol. The molecule has 0 saturated carbocycles. The van der Waals surface area contributed by atoms with E-state index in [0.717, 1.165) is 34.0 Å². The van der Waals surface area contributed by atoms with E-state index in [0.29, 0.717) is 24.4 Å². The van der Waals surface area contributed by atoms with Crippen molar-refractivity contribution in [2.75, 3.05) is 24.7 Å². The van der Waals surface area contributed by atoms with Gasteiger partial charge in [-0.25, -0.2) is 0 Å². The first kappa shape index (κ1) is 27.4. The number of para-hydroxylation sites is 2. The van der Waals surface area contributed by atoms with E-state index in [-0.39, 0.29) is 22.4 Å². The lowest BCUT2D eigenvalue weighted by molar-refractivity contribution is -0.137. The fourth-order valence-electron chi connectivity index (χ4n) is 3.86. The highest BCUT2D eigenvalue weighted by Crippen LogP contribution is 2.34. The largest absolute Gasteiger partial charge is 0.496 e. The molecule has 3 aromatic carbocycles. The molecule has 0 spiro atoms. The summed E-state index contributed by atoms with van der Waals surface area (Å²) in [5, 5.41) is 6.29. The number of benzene rings is 3. The van der Waals surface area contributed by atoms with E-state index < -0.39 is 17.6 Å². The van der Waals surface area contributed by atoms with Gasteiger partial charge in [-0.1, -0.05) is 41.9 Å². The predicted molar refractivity (Wildman–Crippen MR) is 143 cm³/mol. The Morgan fingerprint density at radius 2 is 1.79 bits per heavy atom. The standard InChI is InChI=1S/C27H23ClF3N3O3S/c1-37-23-9-5-3-7-19(23)26(36)32-12-13-34-15-24(18-6-2-4-8-22(18)34)38-16-25(35)33-21-14-17(27(29,30)31)10-11-20(21)28/h2-11,14-15H,12-13,16H2,1H3,(H,32,36)(H,33,35). The van der Waals surface area contributed by atoms with Crippen molar-refractivity contribution in [1.29, 1.82) is 0 Å². The maximum Gasteiger partial charge on any atom is 0.416 e. The molecule has 38 heavy (non-hydrogen) atoms. The normalized spacial score (nSPS) is 11.4. The zero-order valence-corrected chi connectivity index (χ0v) is 21.7. The molecule has 4 aromatic rings. The quantitative estimate of drug-likeness (QED) is 0.229. The molecule has 0 aliphatic rings. The number of nitrogens with one attached hydrogen (secondary N) is 2. The van der Waals surface area contributed by atoms with Gasteiger partial charge < -0.3 is 19.9 Å². The van der Waals surface area contributed by atoms with Crippen LogP contribution in [0.15, 0.2) is 77.8 Å². The third-order valence-electron chi connectivity index (χ3n) is 5.67. The van der Waals surface area contributed by atoms with Gasteiger partial charge in [0.15, 0.2) is 0 Å². The van der Waals surface area contributed by atoms with Crippen LogP contribution < -0.4 is 15.4 Å². The molecule has 4 rings (SSSR count). The Morgan fingerprint density at radius 1 is 1.05 bits per heavy atom. The van der Waals surface area contributed by atoms with Crippen molar-refractivity contribution < 1.29 is 27.5 Å². The minimum Gasteiger partial charge on any atom is -0.496 e. The average Bonchev–Trinajstić information content (AvgIpc) is 3.25. The molecular formula is C27H23ClF3N3O3S. The highest BCUT2D eigenvalue weighted by atomic mass is 35.5. The second-order valence-electron chi connectivity index (χ2n) is 8.19. The molecule has 0 aliphatic carbocycles. The monoisotopic (exact) mass is 561 g/mol. The van der Waals surface area contributed by atoms with Crippen LogP contribution in [0.25, 0.3) is 10.9 Å². The van der Waals surface area contributed by atoms with Crippen LogP contribution in [0.4, 0.5) is 18.9 Å². The number of carbonyl (C=O) groups excluding carboxylic acids is 2. The van der Waals surface area contributed by atoms with Gasteiger partial charge in [0, 0.05) is 35.1 Å². The molecular weight excluding hydrogens is 539 g/mol. The third-order valence-corrected chi connectivity index (χ3v) is 7.04. The van der Waals surface area contributed by atoms with Gasteiger partial charge in [-0.05, 0) is 36.4 Å². The first-order chi connectivity index (χ1) is 18.2. The van der Waals surface area contributed by atoms with Gasteiger partial charge in [-0.2, -0.15) is 13.2 Å². The van der Waals surface area contributed by atoms with Crippen molar-refractivity contribution in [3.8, 4) is 5.75 Å². The number of methoxy groups -OCH3 is 1. The molecule has 0 radical (unpaired) electrons. The van der Waals surface area contributed by atoms with E-state index in [2.05, 4.69) is 10.6 Å². The highest BCUT2D eigenvalue weighted by molar-refractivity contribution is 8.00. The summed E-state index contributed by atoms with van der Waals surface area (Å²) in [5.41, 5.74) is 0.365. The Labute approximate surface area is 226 Å². The van der Waals surface area contributed by atoms with Crippen molar-refractivity contribution >= 4 is 51.8 Å². The summed E-state index contributed by atoms with van der Waals surface area (Å²) in [4.78, 5) is 26.0. The van der Waals surface area contributed by atoms with Gasteiger partial charge >= 0.3 is 6.18 Å². The zero-order valence-electron chi connectivity index (χ0n) is 20.1. The second-order valence-corrected chi connectivity index (χ2v) is 9.61. The van der Waals surface area contributed by atoms with E-state index in [1.54, 1.807) is 24.3 Å². The number of hydrogen-bond donors (Lipinski definition) is 2. The molecule has 0 bridgehead atoms. The second kappa shape index (κ2) is 11.8. The number of nitrogens with zero attached hydrogens (tertiary/aromatic N) is 1. The number of thioether (sulfide) groups is 1. The zero-order chi connectivity index (χ0) is 27.3. The maximum atomic E-state index is 13.0. The van der Waals surface area contributed by atoms with Crippen molar-refractivity contribution in [1.82, 2.24) is 9.88 Å². The Hall–Kier alpha value is -3.63. The van der Waals surface area contributed by atoms with E-state index in [4.69, 9.17) is 16.3 Å². The maximum absolute atomic E-state index is 13.0. The summed E-state index contributed by atoms with van der Waals surface area (Å²) in [6.45, 7) is 0.836. The van der Waals surface area contributed by atoms with Crippen LogP contribution >= 0.6 is 23.4 Å². The molecule has 2 N–H and O–H groups in total. The molecule has 0 fully saturated rings. The summed E-state index contributed by atoms with van der Waals surface area (Å²) in [5.74, 6) is -0.291. The SMILES string of the molecule is COc1ccccc1C(=O)NCCn1cc(SCC(=O)Nc2cc(C(F)(F)F)ccc2Cl)c2ccccc21. The van der Waals surface area contributed by atoms with Gasteiger partial charge in [0.1, 0.15) is 5.75 Å². The van der Waals surface area contributed by atoms with Gasteiger partial charge in [-0.15, -0.1) is 11.8 Å². The number of amides is 2. The lowest BCUT2D eigenvalue weighted by Gasteiger charge is -2.11. The number of hydrogen-bond acceptors (Lipinski definition) is 4. The number of anilines is 1. The van der Waals surface area contributed by atoms with E-state index in [9.17, 15) is 22.8 Å². The molecule has 1 aromatic heterocycles. The van der Waals surface area contributed by atoms with Gasteiger partial charge in [0.2, 0.25) is 5.91 Å². The summed E-state index contributed by atoms with van der Waals surface area (Å²) in [7, 11) is 1.51. The van der Waals surface area contributed by atoms with Crippen LogP contribution in [0.3, 0.4) is 0 Å². The Bertz CT molecular complexity index is 1470.